The van der Waals surface area contributed by atoms with Gasteiger partial charge in [-0.2, -0.15) is 0 Å². The van der Waals surface area contributed by atoms with Crippen LogP contribution in [0.15, 0.2) is 18.2 Å². The molecule has 18 heavy (non-hydrogen) atoms. The lowest BCUT2D eigenvalue weighted by Crippen LogP contribution is -2.40. The average molecular weight is 290 g/mol. The number of amides is 1. The summed E-state index contributed by atoms with van der Waals surface area (Å²) in [5.41, 5.74) is 0.245. The first-order chi connectivity index (χ1) is 8.43. The molecule has 1 amide bonds. The van der Waals surface area contributed by atoms with Crippen LogP contribution in [0.1, 0.15) is 30.1 Å². The Balaban J connectivity index is 2.83. The minimum atomic E-state index is -1.06. The highest BCUT2D eigenvalue weighted by molar-refractivity contribution is 6.35. The summed E-state index contributed by atoms with van der Waals surface area (Å²) in [6.45, 7) is 1.85. The fourth-order valence-corrected chi connectivity index (χ4v) is 2.00. The maximum Gasteiger partial charge on any atom is 0.326 e. The zero-order valence-corrected chi connectivity index (χ0v) is 11.3. The van der Waals surface area contributed by atoms with Crippen LogP contribution in [0.25, 0.3) is 0 Å². The average Bonchev–Trinajstić information content (AvgIpc) is 2.26. The standard InChI is InChI=1S/C12H13Cl2NO3/c1-2-3-10(12(17)18)15-11(16)7-4-8(13)6-9(14)5-7/h4-6,10H,2-3H2,1H3,(H,15,16)(H,17,18). The van der Waals surface area contributed by atoms with E-state index in [4.69, 9.17) is 28.3 Å². The summed E-state index contributed by atoms with van der Waals surface area (Å²) >= 11 is 11.5. The van der Waals surface area contributed by atoms with E-state index in [0.29, 0.717) is 22.9 Å². The Morgan fingerprint density at radius 1 is 1.28 bits per heavy atom. The van der Waals surface area contributed by atoms with Gasteiger partial charge < -0.3 is 10.4 Å². The van der Waals surface area contributed by atoms with Gasteiger partial charge in [-0.05, 0) is 24.6 Å². The molecule has 6 heteroatoms. The van der Waals surface area contributed by atoms with Crippen LogP contribution in [-0.4, -0.2) is 23.0 Å². The molecule has 0 aliphatic carbocycles. The first kappa shape index (κ1) is 14.8. The number of nitrogens with one attached hydrogen (secondary N) is 1. The largest absolute Gasteiger partial charge is 0.480 e. The van der Waals surface area contributed by atoms with Crippen LogP contribution >= 0.6 is 23.2 Å². The van der Waals surface area contributed by atoms with Gasteiger partial charge in [0.25, 0.3) is 5.91 Å². The van der Waals surface area contributed by atoms with Crippen LogP contribution < -0.4 is 5.32 Å². The van der Waals surface area contributed by atoms with E-state index >= 15 is 0 Å². The second kappa shape index (κ2) is 6.61. The molecule has 1 aromatic carbocycles. The molecule has 0 aliphatic heterocycles. The van der Waals surface area contributed by atoms with E-state index in [1.807, 2.05) is 6.92 Å². The summed E-state index contributed by atoms with van der Waals surface area (Å²) < 4.78 is 0. The van der Waals surface area contributed by atoms with Gasteiger partial charge in [0, 0.05) is 15.6 Å². The molecule has 98 valence electrons. The molecule has 0 heterocycles. The van der Waals surface area contributed by atoms with E-state index in [0.717, 1.165) is 0 Å². The highest BCUT2D eigenvalue weighted by Crippen LogP contribution is 2.19. The molecular weight excluding hydrogens is 277 g/mol. The lowest BCUT2D eigenvalue weighted by Gasteiger charge is -2.13. The molecule has 1 atom stereocenters. The highest BCUT2D eigenvalue weighted by atomic mass is 35.5. The molecule has 4 nitrogen and oxygen atoms in total. The first-order valence-corrected chi connectivity index (χ1v) is 6.19. The molecule has 0 saturated heterocycles. The van der Waals surface area contributed by atoms with Crippen LogP contribution in [-0.2, 0) is 4.79 Å². The smallest absolute Gasteiger partial charge is 0.326 e. The predicted octanol–water partition coefficient (Wildman–Crippen LogP) is 2.98. The van der Waals surface area contributed by atoms with E-state index < -0.39 is 17.9 Å². The Hall–Kier alpha value is -1.26. The third-order valence-corrected chi connectivity index (χ3v) is 2.74. The Morgan fingerprint density at radius 3 is 2.28 bits per heavy atom. The van der Waals surface area contributed by atoms with Gasteiger partial charge in [0.05, 0.1) is 0 Å². The van der Waals surface area contributed by atoms with Gasteiger partial charge >= 0.3 is 5.97 Å². The molecule has 1 rings (SSSR count). The first-order valence-electron chi connectivity index (χ1n) is 5.43. The van der Waals surface area contributed by atoms with Crippen molar-refractivity contribution in [3.63, 3.8) is 0 Å². The van der Waals surface area contributed by atoms with Crippen LogP contribution in [0.5, 0.6) is 0 Å². The summed E-state index contributed by atoms with van der Waals surface area (Å²) in [6, 6.07) is 3.47. The van der Waals surface area contributed by atoms with Crippen LogP contribution in [0.3, 0.4) is 0 Å². The normalized spacial score (nSPS) is 11.9. The van der Waals surface area contributed by atoms with E-state index in [9.17, 15) is 9.59 Å². The van der Waals surface area contributed by atoms with Crippen LogP contribution in [0, 0.1) is 0 Å². The molecule has 0 radical (unpaired) electrons. The molecule has 0 fully saturated rings. The quantitative estimate of drug-likeness (QED) is 0.876. The number of rotatable bonds is 5. The highest BCUT2D eigenvalue weighted by Gasteiger charge is 2.19. The minimum Gasteiger partial charge on any atom is -0.480 e. The van der Waals surface area contributed by atoms with E-state index in [-0.39, 0.29) is 5.56 Å². The van der Waals surface area contributed by atoms with E-state index in [2.05, 4.69) is 5.32 Å². The van der Waals surface area contributed by atoms with Crippen molar-refractivity contribution in [2.45, 2.75) is 25.8 Å². The van der Waals surface area contributed by atoms with Crippen molar-refractivity contribution in [2.75, 3.05) is 0 Å². The van der Waals surface area contributed by atoms with Gasteiger partial charge in [-0.15, -0.1) is 0 Å². The Bertz CT molecular complexity index is 442. The second-order valence-electron chi connectivity index (χ2n) is 3.81. The Labute approximate surface area is 115 Å². The SMILES string of the molecule is CCCC(NC(=O)c1cc(Cl)cc(Cl)c1)C(=O)O. The van der Waals surface area contributed by atoms with Gasteiger partial charge in [0.2, 0.25) is 0 Å². The summed E-state index contributed by atoms with van der Waals surface area (Å²) in [5, 5.41) is 12.0. The van der Waals surface area contributed by atoms with Crippen LogP contribution in [0.4, 0.5) is 0 Å². The lowest BCUT2D eigenvalue weighted by molar-refractivity contribution is -0.139. The van der Waals surface area contributed by atoms with Gasteiger partial charge in [-0.1, -0.05) is 36.5 Å². The Kier molecular flexibility index (Phi) is 5.44. The number of carbonyl (C=O) groups is 2. The monoisotopic (exact) mass is 289 g/mol. The molecule has 0 aromatic heterocycles. The third-order valence-electron chi connectivity index (χ3n) is 2.31. The molecule has 1 unspecified atom stereocenters. The maximum atomic E-state index is 11.8. The fourth-order valence-electron chi connectivity index (χ4n) is 1.47. The van der Waals surface area contributed by atoms with Gasteiger partial charge in [-0.3, -0.25) is 4.79 Å². The van der Waals surface area contributed by atoms with E-state index in [1.165, 1.54) is 18.2 Å². The number of carbonyl (C=O) groups excluding carboxylic acids is 1. The number of hydrogen-bond acceptors (Lipinski definition) is 2. The van der Waals surface area contributed by atoms with Crippen molar-refractivity contribution in [3.8, 4) is 0 Å². The summed E-state index contributed by atoms with van der Waals surface area (Å²) in [7, 11) is 0. The zero-order valence-electron chi connectivity index (χ0n) is 9.74. The lowest BCUT2D eigenvalue weighted by atomic mass is 10.1. The molecule has 0 aliphatic rings. The van der Waals surface area contributed by atoms with E-state index in [1.54, 1.807) is 0 Å². The molecule has 1 aromatic rings. The molecule has 2 N–H and O–H groups in total. The fraction of sp³-hybridized carbons (Fsp3) is 0.333. The predicted molar refractivity (Wildman–Crippen MR) is 70.3 cm³/mol. The molecule has 0 saturated carbocycles. The number of benzene rings is 1. The van der Waals surface area contributed by atoms with Crippen molar-refractivity contribution < 1.29 is 14.7 Å². The number of hydrogen-bond donors (Lipinski definition) is 2. The molecule has 0 spiro atoms. The van der Waals surface area contributed by atoms with Crippen molar-refractivity contribution >= 4 is 35.1 Å². The van der Waals surface area contributed by atoms with Crippen molar-refractivity contribution in [3.05, 3.63) is 33.8 Å². The van der Waals surface area contributed by atoms with Gasteiger partial charge in [0.15, 0.2) is 0 Å². The zero-order chi connectivity index (χ0) is 13.7. The van der Waals surface area contributed by atoms with Crippen molar-refractivity contribution in [1.29, 1.82) is 0 Å². The minimum absolute atomic E-state index is 0.245. The maximum absolute atomic E-state index is 11.8. The van der Waals surface area contributed by atoms with Gasteiger partial charge in [-0.25, -0.2) is 4.79 Å². The third kappa shape index (κ3) is 4.20. The summed E-state index contributed by atoms with van der Waals surface area (Å²) in [5.74, 6) is -1.56. The topological polar surface area (TPSA) is 66.4 Å². The molecular formula is C12H13Cl2NO3. The Morgan fingerprint density at radius 2 is 1.83 bits per heavy atom. The van der Waals surface area contributed by atoms with Crippen LogP contribution in [0.2, 0.25) is 10.0 Å². The number of carboxylic acids is 1. The summed E-state index contributed by atoms with van der Waals surface area (Å²) in [4.78, 5) is 22.8. The number of halogens is 2. The van der Waals surface area contributed by atoms with Crippen molar-refractivity contribution in [2.24, 2.45) is 0 Å². The number of aliphatic carboxylic acids is 1. The molecule has 0 bridgehead atoms. The number of carboxylic acid groups (broad SMARTS) is 1. The van der Waals surface area contributed by atoms with Gasteiger partial charge in [0.1, 0.15) is 6.04 Å². The van der Waals surface area contributed by atoms with Crippen molar-refractivity contribution in [1.82, 2.24) is 5.32 Å². The second-order valence-corrected chi connectivity index (χ2v) is 4.68. The summed E-state index contributed by atoms with van der Waals surface area (Å²) in [6.07, 6.45) is 1.03.